The maximum Gasteiger partial charge on any atom is 1.00 e. The van der Waals surface area contributed by atoms with Gasteiger partial charge in [0.2, 0.25) is 0 Å². The molecule has 7 heteroatoms. The van der Waals surface area contributed by atoms with Crippen LogP contribution in [0.15, 0.2) is 42.5 Å². The second-order valence-corrected chi connectivity index (χ2v) is 4.25. The van der Waals surface area contributed by atoms with Crippen molar-refractivity contribution < 1.29 is 78.0 Å². The van der Waals surface area contributed by atoms with E-state index in [1.165, 1.54) is 6.07 Å². The normalized spacial score (nSPS) is 10.2. The third-order valence-electron chi connectivity index (χ3n) is 1.95. The maximum atomic E-state index is 10.6. The number of rotatable bonds is 2. The van der Waals surface area contributed by atoms with Gasteiger partial charge in [-0.15, -0.1) is 0 Å². The van der Waals surface area contributed by atoms with Gasteiger partial charge < -0.3 is 4.52 Å². The van der Waals surface area contributed by atoms with Crippen LogP contribution in [-0.4, -0.2) is 9.79 Å². The van der Waals surface area contributed by atoms with Crippen molar-refractivity contribution in [1.29, 1.82) is 0 Å². The van der Waals surface area contributed by atoms with Crippen LogP contribution in [0.5, 0.6) is 5.75 Å². The van der Waals surface area contributed by atoms with E-state index in [1.54, 1.807) is 12.1 Å². The van der Waals surface area contributed by atoms with Crippen molar-refractivity contribution in [2.45, 2.75) is 0 Å². The minimum Gasteiger partial charge on any atom is -0.404 e. The van der Waals surface area contributed by atoms with Gasteiger partial charge in [-0.2, -0.15) is 0 Å². The predicted molar refractivity (Wildman–Crippen MR) is 56.6 cm³/mol. The van der Waals surface area contributed by atoms with Crippen molar-refractivity contribution >= 4 is 18.6 Å². The van der Waals surface area contributed by atoms with Crippen molar-refractivity contribution in [2.24, 2.45) is 0 Å². The van der Waals surface area contributed by atoms with E-state index in [4.69, 9.17) is 9.79 Å². The average molecular weight is 270 g/mol. The summed E-state index contributed by atoms with van der Waals surface area (Å²) in [6.45, 7) is 0. The van der Waals surface area contributed by atoms with E-state index in [0.717, 1.165) is 10.8 Å². The van der Waals surface area contributed by atoms with E-state index in [0.29, 0.717) is 0 Å². The molecule has 0 fully saturated rings. The van der Waals surface area contributed by atoms with Crippen LogP contribution >= 0.6 is 7.82 Å². The van der Waals surface area contributed by atoms with Crippen LogP contribution in [-0.2, 0) is 4.57 Å². The second kappa shape index (κ2) is 7.29. The molecule has 0 radical (unpaired) electrons. The first-order valence-electron chi connectivity index (χ1n) is 4.28. The first kappa shape index (κ1) is 17.6. The summed E-state index contributed by atoms with van der Waals surface area (Å²) < 4.78 is 15.1. The third kappa shape index (κ3) is 5.43. The SMILES string of the molecule is O=P(O)(O)Oc1ccc2ccccc2c1.[Na+].[Na+]. The summed E-state index contributed by atoms with van der Waals surface area (Å²) in [5.41, 5.74) is 0. The number of phosphoric acid groups is 1. The second-order valence-electron chi connectivity index (χ2n) is 3.09. The molecule has 0 spiro atoms. The molecular formula is C10H9Na2O4P+2. The van der Waals surface area contributed by atoms with Crippen molar-refractivity contribution in [3.8, 4) is 5.75 Å². The zero-order valence-corrected chi connectivity index (χ0v) is 14.6. The van der Waals surface area contributed by atoms with Crippen molar-refractivity contribution in [3.05, 3.63) is 42.5 Å². The Morgan fingerprint density at radius 1 is 0.941 bits per heavy atom. The van der Waals surface area contributed by atoms with Crippen LogP contribution in [0.3, 0.4) is 0 Å². The summed E-state index contributed by atoms with van der Waals surface area (Å²) in [6.07, 6.45) is 0. The minimum atomic E-state index is -4.47. The van der Waals surface area contributed by atoms with Crippen molar-refractivity contribution in [1.82, 2.24) is 0 Å². The summed E-state index contributed by atoms with van der Waals surface area (Å²) >= 11 is 0. The fourth-order valence-corrected chi connectivity index (χ4v) is 1.75. The van der Waals surface area contributed by atoms with Gasteiger partial charge in [0.25, 0.3) is 0 Å². The molecule has 0 saturated heterocycles. The summed E-state index contributed by atoms with van der Waals surface area (Å²) in [5, 5.41) is 1.87. The molecule has 0 aromatic heterocycles. The maximum absolute atomic E-state index is 10.6. The predicted octanol–water partition coefficient (Wildman–Crippen LogP) is -3.68. The smallest absolute Gasteiger partial charge is 0.404 e. The van der Waals surface area contributed by atoms with Gasteiger partial charge in [-0.05, 0) is 22.9 Å². The fraction of sp³-hybridized carbons (Fsp3) is 0. The molecule has 0 aliphatic rings. The number of phosphoric ester groups is 1. The van der Waals surface area contributed by atoms with Gasteiger partial charge in [-0.1, -0.05) is 30.3 Å². The van der Waals surface area contributed by atoms with Crippen LogP contribution in [0, 0.1) is 0 Å². The van der Waals surface area contributed by atoms with Crippen LogP contribution in [0.2, 0.25) is 0 Å². The van der Waals surface area contributed by atoms with Gasteiger partial charge in [-0.25, -0.2) is 4.57 Å². The molecule has 0 unspecified atom stereocenters. The minimum absolute atomic E-state index is 0. The Kier molecular flexibility index (Phi) is 7.57. The van der Waals surface area contributed by atoms with E-state index < -0.39 is 7.82 Å². The van der Waals surface area contributed by atoms with Crippen LogP contribution < -0.4 is 63.6 Å². The average Bonchev–Trinajstić information content (AvgIpc) is 2.15. The Morgan fingerprint density at radius 2 is 1.53 bits per heavy atom. The topological polar surface area (TPSA) is 66.8 Å². The number of fused-ring (bicyclic) bond motifs is 1. The van der Waals surface area contributed by atoms with Crippen LogP contribution in [0.25, 0.3) is 10.8 Å². The Bertz CT molecular complexity index is 541. The molecule has 78 valence electrons. The van der Waals surface area contributed by atoms with Gasteiger partial charge in [0.15, 0.2) is 0 Å². The van der Waals surface area contributed by atoms with Crippen molar-refractivity contribution in [3.63, 3.8) is 0 Å². The molecule has 2 rings (SSSR count). The van der Waals surface area contributed by atoms with E-state index in [2.05, 4.69) is 4.52 Å². The van der Waals surface area contributed by atoms with Crippen molar-refractivity contribution in [2.75, 3.05) is 0 Å². The summed E-state index contributed by atoms with van der Waals surface area (Å²) in [4.78, 5) is 17.3. The third-order valence-corrected chi connectivity index (χ3v) is 2.39. The molecule has 0 heterocycles. The molecule has 4 nitrogen and oxygen atoms in total. The van der Waals surface area contributed by atoms with Crippen LogP contribution in [0.4, 0.5) is 0 Å². The molecule has 0 bridgehead atoms. The molecule has 0 atom stereocenters. The molecule has 0 amide bonds. The molecular weight excluding hydrogens is 261 g/mol. The largest absolute Gasteiger partial charge is 1.00 e. The Morgan fingerprint density at radius 3 is 2.12 bits per heavy atom. The summed E-state index contributed by atoms with van der Waals surface area (Å²) in [6, 6.07) is 12.4. The van der Waals surface area contributed by atoms with Gasteiger partial charge in [-0.3, -0.25) is 9.79 Å². The Labute approximate surface area is 143 Å². The molecule has 0 aliphatic heterocycles. The summed E-state index contributed by atoms with van der Waals surface area (Å²) in [5.74, 6) is 0.169. The van der Waals surface area contributed by atoms with E-state index in [9.17, 15) is 4.57 Å². The molecule has 0 aliphatic carbocycles. The summed E-state index contributed by atoms with van der Waals surface area (Å²) in [7, 11) is -4.47. The Hall–Kier alpha value is 0.650. The molecule has 0 saturated carbocycles. The molecule has 2 N–H and O–H groups in total. The van der Waals surface area contributed by atoms with E-state index >= 15 is 0 Å². The van der Waals surface area contributed by atoms with E-state index in [-0.39, 0.29) is 64.9 Å². The monoisotopic (exact) mass is 270 g/mol. The first-order chi connectivity index (χ1) is 7.04. The molecule has 17 heavy (non-hydrogen) atoms. The van der Waals surface area contributed by atoms with E-state index in [1.807, 2.05) is 24.3 Å². The first-order valence-corrected chi connectivity index (χ1v) is 5.81. The van der Waals surface area contributed by atoms with Gasteiger partial charge in [0.1, 0.15) is 5.75 Å². The van der Waals surface area contributed by atoms with Gasteiger partial charge in [0.05, 0.1) is 0 Å². The van der Waals surface area contributed by atoms with Crippen LogP contribution in [0.1, 0.15) is 0 Å². The molecule has 2 aromatic rings. The van der Waals surface area contributed by atoms with Gasteiger partial charge in [0, 0.05) is 0 Å². The number of hydrogen-bond donors (Lipinski definition) is 2. The zero-order valence-electron chi connectivity index (χ0n) is 9.70. The molecule has 2 aromatic carbocycles. The van der Waals surface area contributed by atoms with Gasteiger partial charge >= 0.3 is 66.9 Å². The number of benzene rings is 2. The zero-order chi connectivity index (χ0) is 10.9. The fourth-order valence-electron chi connectivity index (χ4n) is 1.36. The standard InChI is InChI=1S/C10H9O4P.2Na/c11-15(12,13)14-10-6-5-8-3-1-2-4-9(8)7-10;;/h1-7H,(H2,11,12,13);;/q;2*+1. The Balaban J connectivity index is 0.00000128. The quantitative estimate of drug-likeness (QED) is 0.436. The number of hydrogen-bond acceptors (Lipinski definition) is 2.